The molecule has 0 aliphatic heterocycles. The molecule has 0 aliphatic carbocycles. The molecule has 2 heterocycles. The number of hydrogen-bond donors (Lipinski definition) is 1. The summed E-state index contributed by atoms with van der Waals surface area (Å²) in [5, 5.41) is 0.716. The summed E-state index contributed by atoms with van der Waals surface area (Å²) in [7, 11) is 3.88. The van der Waals surface area contributed by atoms with Crippen molar-refractivity contribution in [3.63, 3.8) is 0 Å². The SMILES string of the molecule is C=C(/C=C\C=C(/C)C#Cc1cc2cc(F)cnc2[nH]1)N(C)C. The van der Waals surface area contributed by atoms with E-state index in [1.54, 1.807) is 6.07 Å². The summed E-state index contributed by atoms with van der Waals surface area (Å²) in [6.07, 6.45) is 6.93. The Morgan fingerprint density at radius 1 is 1.41 bits per heavy atom. The molecular formula is C18H18FN3. The van der Waals surface area contributed by atoms with Gasteiger partial charge >= 0.3 is 0 Å². The van der Waals surface area contributed by atoms with E-state index in [1.807, 2.05) is 44.1 Å². The molecule has 0 atom stereocenters. The summed E-state index contributed by atoms with van der Waals surface area (Å²) in [4.78, 5) is 8.96. The van der Waals surface area contributed by atoms with Crippen molar-refractivity contribution in [3.8, 4) is 11.8 Å². The van der Waals surface area contributed by atoms with E-state index in [-0.39, 0.29) is 5.82 Å². The average Bonchev–Trinajstić information content (AvgIpc) is 2.86. The Balaban J connectivity index is 2.12. The van der Waals surface area contributed by atoms with Crippen molar-refractivity contribution < 1.29 is 4.39 Å². The van der Waals surface area contributed by atoms with Crippen LogP contribution in [0.4, 0.5) is 4.39 Å². The topological polar surface area (TPSA) is 31.9 Å². The van der Waals surface area contributed by atoms with Gasteiger partial charge in [-0.3, -0.25) is 0 Å². The molecule has 0 unspecified atom stereocenters. The minimum absolute atomic E-state index is 0.353. The number of aromatic nitrogens is 2. The first kappa shape index (κ1) is 15.6. The van der Waals surface area contributed by atoms with Crippen LogP contribution in [0, 0.1) is 17.7 Å². The number of aromatic amines is 1. The number of H-pyrrole nitrogens is 1. The Kier molecular flexibility index (Phi) is 4.80. The minimum atomic E-state index is -0.353. The molecule has 0 aromatic carbocycles. The summed E-state index contributed by atoms with van der Waals surface area (Å²) in [6.45, 7) is 5.83. The van der Waals surface area contributed by atoms with Gasteiger partial charge in [-0.15, -0.1) is 0 Å². The van der Waals surface area contributed by atoms with E-state index < -0.39 is 0 Å². The van der Waals surface area contributed by atoms with Crippen molar-refractivity contribution in [1.29, 1.82) is 0 Å². The van der Waals surface area contributed by atoms with E-state index in [0.717, 1.165) is 11.3 Å². The third kappa shape index (κ3) is 4.10. The maximum atomic E-state index is 13.1. The normalized spacial score (nSPS) is 11.5. The van der Waals surface area contributed by atoms with Crippen molar-refractivity contribution in [3.05, 3.63) is 65.9 Å². The van der Waals surface area contributed by atoms with Gasteiger partial charge in [-0.2, -0.15) is 0 Å². The minimum Gasteiger partial charge on any atom is -0.378 e. The highest BCUT2D eigenvalue weighted by atomic mass is 19.1. The number of nitrogens with one attached hydrogen (secondary N) is 1. The lowest BCUT2D eigenvalue weighted by Crippen LogP contribution is -2.07. The number of allylic oxidation sites excluding steroid dienone is 4. The molecule has 0 fully saturated rings. The van der Waals surface area contributed by atoms with E-state index in [0.29, 0.717) is 16.7 Å². The number of likely N-dealkylation sites (N-methyl/N-ethyl adjacent to an activating group) is 1. The molecule has 3 nitrogen and oxygen atoms in total. The third-order valence-corrected chi connectivity index (χ3v) is 3.04. The fourth-order valence-corrected chi connectivity index (χ4v) is 1.72. The van der Waals surface area contributed by atoms with Crippen molar-refractivity contribution in [2.45, 2.75) is 6.92 Å². The fourth-order valence-electron chi connectivity index (χ4n) is 1.72. The van der Waals surface area contributed by atoms with Crippen molar-refractivity contribution in [2.24, 2.45) is 0 Å². The van der Waals surface area contributed by atoms with Crippen LogP contribution in [-0.2, 0) is 0 Å². The summed E-state index contributed by atoms with van der Waals surface area (Å²) in [5.74, 6) is 5.70. The van der Waals surface area contributed by atoms with Crippen LogP contribution in [0.3, 0.4) is 0 Å². The van der Waals surface area contributed by atoms with E-state index in [9.17, 15) is 4.39 Å². The van der Waals surface area contributed by atoms with Crippen LogP contribution in [0.5, 0.6) is 0 Å². The third-order valence-electron chi connectivity index (χ3n) is 3.04. The molecule has 22 heavy (non-hydrogen) atoms. The Morgan fingerprint density at radius 3 is 2.91 bits per heavy atom. The number of hydrogen-bond acceptors (Lipinski definition) is 2. The molecule has 0 aliphatic rings. The lowest BCUT2D eigenvalue weighted by atomic mass is 10.2. The molecule has 0 spiro atoms. The molecule has 0 radical (unpaired) electrons. The number of nitrogens with zero attached hydrogens (tertiary/aromatic N) is 2. The fraction of sp³-hybridized carbons (Fsp3) is 0.167. The largest absolute Gasteiger partial charge is 0.378 e. The molecule has 2 aromatic rings. The molecule has 2 aromatic heterocycles. The molecule has 1 N–H and O–H groups in total. The standard InChI is InChI=1S/C18H18FN3/c1-13(6-5-7-14(2)22(3)4)8-9-17-11-15-10-16(19)12-20-18(15)21-17/h5-7,10-12H,2H2,1,3-4H3,(H,20,21)/b7-5-,13-6+. The Hall–Kier alpha value is -2.80. The van der Waals surface area contributed by atoms with E-state index in [1.165, 1.54) is 12.3 Å². The highest BCUT2D eigenvalue weighted by Crippen LogP contribution is 2.13. The average molecular weight is 295 g/mol. The summed E-state index contributed by atoms with van der Waals surface area (Å²) < 4.78 is 13.1. The van der Waals surface area contributed by atoms with Gasteiger partial charge in [-0.05, 0) is 36.6 Å². The molecule has 2 rings (SSSR count). The predicted octanol–water partition coefficient (Wildman–Crippen LogP) is 3.63. The maximum absolute atomic E-state index is 13.1. The number of pyridine rings is 1. The number of halogens is 1. The van der Waals surface area contributed by atoms with Gasteiger partial charge in [0.15, 0.2) is 0 Å². The lowest BCUT2D eigenvalue weighted by molar-refractivity contribution is 0.532. The summed E-state index contributed by atoms with van der Waals surface area (Å²) in [6, 6.07) is 3.22. The van der Waals surface area contributed by atoms with Gasteiger partial charge in [0.1, 0.15) is 11.5 Å². The van der Waals surface area contributed by atoms with Crippen molar-refractivity contribution in [1.82, 2.24) is 14.9 Å². The zero-order valence-corrected chi connectivity index (χ0v) is 12.9. The molecule has 112 valence electrons. The first-order valence-corrected chi connectivity index (χ1v) is 6.83. The van der Waals surface area contributed by atoms with Crippen LogP contribution in [0.25, 0.3) is 11.0 Å². The van der Waals surface area contributed by atoms with Crippen LogP contribution in [-0.4, -0.2) is 29.0 Å². The molecule has 0 saturated carbocycles. The van der Waals surface area contributed by atoms with Gasteiger partial charge in [-0.1, -0.05) is 24.7 Å². The quantitative estimate of drug-likeness (QED) is 0.692. The van der Waals surface area contributed by atoms with Crippen LogP contribution in [0.2, 0.25) is 0 Å². The Labute approximate surface area is 129 Å². The Bertz CT molecular complexity index is 814. The maximum Gasteiger partial charge on any atom is 0.142 e. The van der Waals surface area contributed by atoms with E-state index in [2.05, 4.69) is 28.4 Å². The van der Waals surface area contributed by atoms with Gasteiger partial charge in [0.2, 0.25) is 0 Å². The molecule has 0 bridgehead atoms. The van der Waals surface area contributed by atoms with Crippen molar-refractivity contribution in [2.75, 3.05) is 14.1 Å². The zero-order chi connectivity index (χ0) is 16.1. The predicted molar refractivity (Wildman–Crippen MR) is 88.7 cm³/mol. The Morgan fingerprint density at radius 2 is 2.18 bits per heavy atom. The first-order chi connectivity index (χ1) is 10.5. The summed E-state index contributed by atoms with van der Waals surface area (Å²) in [5.41, 5.74) is 3.18. The van der Waals surface area contributed by atoms with Gasteiger partial charge in [0.25, 0.3) is 0 Å². The lowest BCUT2D eigenvalue weighted by Gasteiger charge is -2.10. The highest BCUT2D eigenvalue weighted by Gasteiger charge is 2.00. The van der Waals surface area contributed by atoms with Crippen LogP contribution < -0.4 is 0 Å². The van der Waals surface area contributed by atoms with E-state index >= 15 is 0 Å². The van der Waals surface area contributed by atoms with Crippen LogP contribution >= 0.6 is 0 Å². The number of fused-ring (bicyclic) bond motifs is 1. The zero-order valence-electron chi connectivity index (χ0n) is 12.9. The van der Waals surface area contributed by atoms with Gasteiger partial charge in [0.05, 0.1) is 11.9 Å². The molecule has 4 heteroatoms. The first-order valence-electron chi connectivity index (χ1n) is 6.83. The number of rotatable bonds is 3. The highest BCUT2D eigenvalue weighted by molar-refractivity contribution is 5.77. The van der Waals surface area contributed by atoms with Gasteiger partial charge in [-0.25, -0.2) is 9.37 Å². The van der Waals surface area contributed by atoms with Gasteiger partial charge in [0, 0.05) is 25.2 Å². The molecular weight excluding hydrogens is 277 g/mol. The van der Waals surface area contributed by atoms with E-state index in [4.69, 9.17) is 0 Å². The second kappa shape index (κ2) is 6.77. The monoisotopic (exact) mass is 295 g/mol. The molecule has 0 saturated heterocycles. The second-order valence-electron chi connectivity index (χ2n) is 5.12. The molecule has 0 amide bonds. The second-order valence-corrected chi connectivity index (χ2v) is 5.12. The van der Waals surface area contributed by atoms with Crippen molar-refractivity contribution >= 4 is 11.0 Å². The summed E-state index contributed by atoms with van der Waals surface area (Å²) >= 11 is 0. The smallest absolute Gasteiger partial charge is 0.142 e. The van der Waals surface area contributed by atoms with Crippen LogP contribution in [0.1, 0.15) is 12.6 Å². The van der Waals surface area contributed by atoms with Crippen LogP contribution in [0.15, 0.2) is 54.4 Å². The van der Waals surface area contributed by atoms with Gasteiger partial charge < -0.3 is 9.88 Å².